The molecule has 10 nitrogen and oxygen atoms in total. The molecule has 4 heterocycles. The van der Waals surface area contributed by atoms with Crippen LogP contribution in [0, 0.1) is 6.92 Å². The van der Waals surface area contributed by atoms with Gasteiger partial charge < -0.3 is 25.0 Å². The van der Waals surface area contributed by atoms with Gasteiger partial charge in [-0.15, -0.1) is 0 Å². The van der Waals surface area contributed by atoms with Gasteiger partial charge in [0.25, 0.3) is 5.91 Å². The molecule has 0 spiro atoms. The predicted molar refractivity (Wildman–Crippen MR) is 136 cm³/mol. The average Bonchev–Trinajstić information content (AvgIpc) is 3.16. The molecule has 2 aliphatic rings. The molecule has 0 radical (unpaired) electrons. The highest BCUT2D eigenvalue weighted by atomic mass is 19.4. The average molecular weight is 546 g/mol. The van der Waals surface area contributed by atoms with Crippen molar-refractivity contribution in [3.8, 4) is 6.01 Å². The molecule has 1 unspecified atom stereocenters. The second kappa shape index (κ2) is 10.0. The molecule has 0 fully saturated rings. The summed E-state index contributed by atoms with van der Waals surface area (Å²) in [6.45, 7) is 3.11. The lowest BCUT2D eigenvalue weighted by atomic mass is 9.92. The van der Waals surface area contributed by atoms with Gasteiger partial charge in [0, 0.05) is 44.9 Å². The first kappa shape index (κ1) is 26.7. The maximum Gasteiger partial charge on any atom is 0.417 e. The third-order valence-corrected chi connectivity index (χ3v) is 7.00. The largest absolute Gasteiger partial charge is 0.467 e. The molecule has 39 heavy (non-hydrogen) atoms. The Morgan fingerprint density at radius 3 is 2.67 bits per heavy atom. The van der Waals surface area contributed by atoms with E-state index in [0.29, 0.717) is 42.4 Å². The summed E-state index contributed by atoms with van der Waals surface area (Å²) in [6, 6.07) is 4.53. The molecular weight excluding hydrogens is 515 g/mol. The summed E-state index contributed by atoms with van der Waals surface area (Å²) >= 11 is 0. The van der Waals surface area contributed by atoms with E-state index in [2.05, 4.69) is 15.1 Å². The van der Waals surface area contributed by atoms with Crippen LogP contribution in [0.4, 0.5) is 24.7 Å². The molecule has 208 valence electrons. The standard InChI is InChI=1S/C26H30F3N7O3/c1-14-8-15(30)9-17(22(14)26(27,28)29)21-11-19-18(13-39-21)23(32-25(31-19)38-4)35-6-5-7-36-16(12-35)10-20(33-36)24(37)34(2)3/h8-10,21H,5-7,11-13,30H2,1-4H3. The van der Waals surface area contributed by atoms with E-state index in [1.54, 1.807) is 20.2 Å². The first-order chi connectivity index (χ1) is 18.5. The van der Waals surface area contributed by atoms with E-state index < -0.39 is 17.8 Å². The van der Waals surface area contributed by atoms with Gasteiger partial charge in [-0.2, -0.15) is 28.2 Å². The van der Waals surface area contributed by atoms with Crippen molar-refractivity contribution in [3.05, 3.63) is 57.5 Å². The van der Waals surface area contributed by atoms with Crippen molar-refractivity contribution in [2.45, 2.75) is 51.7 Å². The number of hydrogen-bond acceptors (Lipinski definition) is 8. The molecule has 2 aliphatic heterocycles. The Bertz CT molecular complexity index is 1420. The van der Waals surface area contributed by atoms with Gasteiger partial charge in [0.15, 0.2) is 5.69 Å². The fourth-order valence-electron chi connectivity index (χ4n) is 5.24. The van der Waals surface area contributed by atoms with Crippen LogP contribution in [-0.2, 0) is 37.0 Å². The fraction of sp³-hybridized carbons (Fsp3) is 0.462. The van der Waals surface area contributed by atoms with Crippen molar-refractivity contribution in [2.24, 2.45) is 0 Å². The maximum atomic E-state index is 14.0. The highest BCUT2D eigenvalue weighted by molar-refractivity contribution is 5.92. The summed E-state index contributed by atoms with van der Waals surface area (Å²) in [5, 5.41) is 4.48. The van der Waals surface area contributed by atoms with Crippen molar-refractivity contribution in [2.75, 3.05) is 38.4 Å². The molecule has 3 aromatic rings. The van der Waals surface area contributed by atoms with Crippen molar-refractivity contribution >= 4 is 17.4 Å². The number of aromatic nitrogens is 4. The van der Waals surface area contributed by atoms with E-state index in [1.165, 1.54) is 31.1 Å². The number of anilines is 2. The summed E-state index contributed by atoms with van der Waals surface area (Å²) in [4.78, 5) is 25.1. The van der Waals surface area contributed by atoms with Crippen LogP contribution in [0.2, 0.25) is 0 Å². The lowest BCUT2D eigenvalue weighted by molar-refractivity contribution is -0.140. The van der Waals surface area contributed by atoms with Gasteiger partial charge >= 0.3 is 12.2 Å². The number of amides is 1. The Kier molecular flexibility index (Phi) is 6.87. The highest BCUT2D eigenvalue weighted by Gasteiger charge is 2.39. The molecule has 5 rings (SSSR count). The van der Waals surface area contributed by atoms with E-state index in [0.717, 1.165) is 12.1 Å². The van der Waals surface area contributed by atoms with E-state index in [4.69, 9.17) is 15.2 Å². The monoisotopic (exact) mass is 545 g/mol. The van der Waals surface area contributed by atoms with Gasteiger partial charge in [-0.25, -0.2) is 0 Å². The summed E-state index contributed by atoms with van der Waals surface area (Å²) in [5.74, 6) is 0.405. The zero-order valence-electron chi connectivity index (χ0n) is 22.2. The molecule has 0 saturated heterocycles. The van der Waals surface area contributed by atoms with Crippen LogP contribution in [0.3, 0.4) is 0 Å². The van der Waals surface area contributed by atoms with Gasteiger partial charge in [-0.1, -0.05) is 0 Å². The Morgan fingerprint density at radius 1 is 1.21 bits per heavy atom. The molecule has 13 heteroatoms. The Labute approximate surface area is 223 Å². The van der Waals surface area contributed by atoms with E-state index in [9.17, 15) is 18.0 Å². The van der Waals surface area contributed by atoms with Gasteiger partial charge in [0.2, 0.25) is 0 Å². The van der Waals surface area contributed by atoms with Crippen LogP contribution in [-0.4, -0.2) is 58.3 Å². The number of halogens is 3. The molecule has 2 aromatic heterocycles. The van der Waals surface area contributed by atoms with Crippen molar-refractivity contribution < 1.29 is 27.4 Å². The lowest BCUT2D eigenvalue weighted by Crippen LogP contribution is -2.29. The molecule has 0 bridgehead atoms. The van der Waals surface area contributed by atoms with E-state index in [1.807, 2.05) is 9.58 Å². The van der Waals surface area contributed by atoms with E-state index in [-0.39, 0.29) is 41.8 Å². The molecular formula is C26H30F3N7O3. The van der Waals surface area contributed by atoms with Gasteiger partial charge in [-0.05, 0) is 42.7 Å². The Balaban J connectivity index is 1.50. The van der Waals surface area contributed by atoms with Crippen LogP contribution >= 0.6 is 0 Å². The number of fused-ring (bicyclic) bond motifs is 2. The second-order valence-corrected chi connectivity index (χ2v) is 9.98. The number of carbonyl (C=O) groups is 1. The third-order valence-electron chi connectivity index (χ3n) is 7.00. The molecule has 1 atom stereocenters. The first-order valence-corrected chi connectivity index (χ1v) is 12.5. The number of alkyl halides is 3. The van der Waals surface area contributed by atoms with Crippen LogP contribution in [0.1, 0.15) is 56.7 Å². The minimum absolute atomic E-state index is 0.0125. The normalized spacial score (nSPS) is 17.3. The summed E-state index contributed by atoms with van der Waals surface area (Å²) in [6.07, 6.45) is -4.62. The number of hydrogen-bond donors (Lipinski definition) is 1. The second-order valence-electron chi connectivity index (χ2n) is 9.98. The highest BCUT2D eigenvalue weighted by Crippen LogP contribution is 2.43. The number of nitrogen functional groups attached to an aromatic ring is 1. The summed E-state index contributed by atoms with van der Waals surface area (Å²) in [5.41, 5.74) is 7.92. The number of nitrogens with two attached hydrogens (primary N) is 1. The van der Waals surface area contributed by atoms with Crippen LogP contribution in [0.5, 0.6) is 6.01 Å². The minimum Gasteiger partial charge on any atom is -0.467 e. The Morgan fingerprint density at radius 2 is 1.97 bits per heavy atom. The van der Waals surface area contributed by atoms with Crippen LogP contribution in [0.15, 0.2) is 18.2 Å². The number of carbonyl (C=O) groups excluding carboxylic acids is 1. The smallest absolute Gasteiger partial charge is 0.417 e. The van der Waals surface area contributed by atoms with Gasteiger partial charge in [-0.3, -0.25) is 9.48 Å². The lowest BCUT2D eigenvalue weighted by Gasteiger charge is -2.31. The minimum atomic E-state index is -4.56. The molecule has 1 aromatic carbocycles. The number of nitrogens with zero attached hydrogens (tertiary/aromatic N) is 6. The maximum absolute atomic E-state index is 14.0. The number of methoxy groups -OCH3 is 1. The number of aryl methyl sites for hydroxylation is 2. The quantitative estimate of drug-likeness (QED) is 0.496. The SMILES string of the molecule is COc1nc2c(c(N3CCCn4nc(C(=O)N(C)C)cc4C3)n1)COC(c1cc(N)cc(C)c1C(F)(F)F)C2. The van der Waals surface area contributed by atoms with Crippen LogP contribution in [0.25, 0.3) is 0 Å². The molecule has 1 amide bonds. The summed E-state index contributed by atoms with van der Waals surface area (Å²) in [7, 11) is 4.80. The molecule has 0 aliphatic carbocycles. The first-order valence-electron chi connectivity index (χ1n) is 12.5. The van der Waals surface area contributed by atoms with Crippen molar-refractivity contribution in [1.82, 2.24) is 24.6 Å². The number of benzene rings is 1. The zero-order chi connectivity index (χ0) is 28.1. The van der Waals surface area contributed by atoms with Gasteiger partial charge in [0.1, 0.15) is 5.82 Å². The van der Waals surface area contributed by atoms with Crippen LogP contribution < -0.4 is 15.4 Å². The van der Waals surface area contributed by atoms with Gasteiger partial charge in [0.05, 0.1) is 43.3 Å². The fourth-order valence-corrected chi connectivity index (χ4v) is 5.24. The summed E-state index contributed by atoms with van der Waals surface area (Å²) < 4.78 is 55.2. The predicted octanol–water partition coefficient (Wildman–Crippen LogP) is 3.52. The topological polar surface area (TPSA) is 112 Å². The molecule has 0 saturated carbocycles. The van der Waals surface area contributed by atoms with E-state index >= 15 is 0 Å². The number of ether oxygens (including phenoxy) is 2. The third kappa shape index (κ3) is 5.10. The molecule has 2 N–H and O–H groups in total. The number of rotatable bonds is 4. The van der Waals surface area contributed by atoms with Crippen molar-refractivity contribution in [1.29, 1.82) is 0 Å². The zero-order valence-corrected chi connectivity index (χ0v) is 22.2. The van der Waals surface area contributed by atoms with Crippen molar-refractivity contribution in [3.63, 3.8) is 0 Å². The Hall–Kier alpha value is -3.87.